The number of nitrogens with one attached hydrogen (secondary N) is 1. The Labute approximate surface area is 188 Å². The van der Waals surface area contributed by atoms with Crippen LogP contribution in [0.1, 0.15) is 17.5 Å². The number of benzene rings is 2. The first-order chi connectivity index (χ1) is 15.3. The highest BCUT2D eigenvalue weighted by molar-refractivity contribution is 6.30. The molecular formula is C22H19ClN3O6-. The van der Waals surface area contributed by atoms with Crippen LogP contribution in [-0.2, 0) is 15.3 Å². The lowest BCUT2D eigenvalue weighted by molar-refractivity contribution is -0.388. The molecule has 0 spiro atoms. The van der Waals surface area contributed by atoms with Crippen LogP contribution in [0.25, 0.3) is 0 Å². The molecule has 10 heteroatoms. The van der Waals surface area contributed by atoms with E-state index in [0.29, 0.717) is 22.0 Å². The first-order valence-electron chi connectivity index (χ1n) is 9.64. The molecule has 2 aromatic carbocycles. The second kappa shape index (κ2) is 8.45. The molecule has 0 aromatic heterocycles. The van der Waals surface area contributed by atoms with Gasteiger partial charge in [0.15, 0.2) is 18.1 Å². The fraction of sp³-hybridized carbons (Fsp3) is 0.182. The number of hydrazine groups is 1. The number of rotatable bonds is 4. The number of amides is 1. The molecule has 4 rings (SSSR count). The van der Waals surface area contributed by atoms with E-state index in [1.165, 1.54) is 12.2 Å². The summed E-state index contributed by atoms with van der Waals surface area (Å²) in [6.45, 7) is 1.54. The minimum Gasteiger partial charge on any atom is -0.610 e. The maximum atomic E-state index is 13.0. The van der Waals surface area contributed by atoms with Gasteiger partial charge in [0.05, 0.1) is 11.8 Å². The van der Waals surface area contributed by atoms with Crippen molar-refractivity contribution in [2.75, 3.05) is 6.61 Å². The topological polar surface area (TPSA) is 120 Å². The van der Waals surface area contributed by atoms with E-state index in [1.807, 2.05) is 19.1 Å². The van der Waals surface area contributed by atoms with Crippen LogP contribution in [0.5, 0.6) is 5.75 Å². The summed E-state index contributed by atoms with van der Waals surface area (Å²) in [5.41, 5.74) is 2.85. The van der Waals surface area contributed by atoms with Crippen LogP contribution < -0.4 is 10.2 Å². The van der Waals surface area contributed by atoms with E-state index < -0.39 is 22.4 Å². The molecule has 1 amide bonds. The summed E-state index contributed by atoms with van der Waals surface area (Å²) in [4.78, 5) is 12.4. The van der Waals surface area contributed by atoms with E-state index in [2.05, 4.69) is 5.43 Å². The molecule has 2 aliphatic rings. The summed E-state index contributed by atoms with van der Waals surface area (Å²) in [7, 11) is 0. The molecule has 2 N–H and O–H groups in total. The Morgan fingerprint density at radius 3 is 2.53 bits per heavy atom. The molecule has 2 aliphatic heterocycles. The highest BCUT2D eigenvalue weighted by Crippen LogP contribution is 2.38. The van der Waals surface area contributed by atoms with Gasteiger partial charge in [-0.1, -0.05) is 41.4 Å². The number of hydrogen-bond acceptors (Lipinski definition) is 7. The van der Waals surface area contributed by atoms with E-state index in [9.17, 15) is 20.3 Å². The molecule has 9 nitrogen and oxygen atoms in total. The van der Waals surface area contributed by atoms with E-state index >= 15 is 0 Å². The summed E-state index contributed by atoms with van der Waals surface area (Å²) in [6, 6.07) is 13.6. The Bertz CT molecular complexity index is 1120. The number of nitrogens with zero attached hydrogens (tertiary/aromatic N) is 2. The first-order valence-corrected chi connectivity index (χ1v) is 10.0. The van der Waals surface area contributed by atoms with Gasteiger partial charge >= 0.3 is 5.90 Å². The maximum Gasteiger partial charge on any atom is 0.391 e. The van der Waals surface area contributed by atoms with Crippen molar-refractivity contribution in [1.82, 2.24) is 10.4 Å². The lowest BCUT2D eigenvalue weighted by Crippen LogP contribution is -2.51. The first kappa shape index (κ1) is 21.5. The van der Waals surface area contributed by atoms with Gasteiger partial charge in [0.2, 0.25) is 0 Å². The van der Waals surface area contributed by atoms with Crippen molar-refractivity contribution in [3.8, 4) is 5.75 Å². The van der Waals surface area contributed by atoms with Gasteiger partial charge in [0, 0.05) is 17.0 Å². The Hall–Kier alpha value is -3.69. The lowest BCUT2D eigenvalue weighted by atomic mass is 9.97. The van der Waals surface area contributed by atoms with Crippen molar-refractivity contribution in [2.45, 2.75) is 19.1 Å². The average Bonchev–Trinajstić information content (AvgIpc) is 3.39. The Morgan fingerprint density at radius 2 is 1.91 bits per heavy atom. The number of carbonyl (C=O) groups excluding carboxylic acids is 1. The zero-order valence-corrected chi connectivity index (χ0v) is 17.7. The summed E-state index contributed by atoms with van der Waals surface area (Å²) >= 11 is 5.86. The zero-order chi connectivity index (χ0) is 22.9. The highest BCUT2D eigenvalue weighted by Gasteiger charge is 2.48. The van der Waals surface area contributed by atoms with Crippen molar-refractivity contribution in [3.05, 3.63) is 98.7 Å². The maximum absolute atomic E-state index is 13.0. The van der Waals surface area contributed by atoms with Crippen molar-refractivity contribution < 1.29 is 24.3 Å². The van der Waals surface area contributed by atoms with Crippen LogP contribution in [0.3, 0.4) is 0 Å². The van der Waals surface area contributed by atoms with Crippen molar-refractivity contribution >= 4 is 23.4 Å². The predicted molar refractivity (Wildman–Crippen MR) is 116 cm³/mol. The average molecular weight is 457 g/mol. The number of carbonyl (C=O) groups is 1. The molecule has 1 saturated heterocycles. The molecule has 0 saturated carbocycles. The molecule has 1 fully saturated rings. The fourth-order valence-electron chi connectivity index (χ4n) is 3.38. The molecule has 2 aromatic rings. The number of ether oxygens (including phenoxy) is 2. The standard InChI is InChI=1S/C22H19ClN3O6/c1-14-2-4-15(5-3-14)22(28)12-18(19-10-11-21(32-19)26(29)30)24-25(22)20(27)13-31-17-8-6-16(23)7-9-17/h2-11,24,28H,12-13H2,1H3/q-1. The van der Waals surface area contributed by atoms with Gasteiger partial charge in [-0.3, -0.25) is 10.2 Å². The van der Waals surface area contributed by atoms with Crippen LogP contribution in [-0.4, -0.2) is 33.4 Å². The molecule has 0 radical (unpaired) electrons. The van der Waals surface area contributed by atoms with Crippen molar-refractivity contribution in [1.29, 1.82) is 0 Å². The number of hydrogen-bond donors (Lipinski definition) is 2. The van der Waals surface area contributed by atoms with Crippen LogP contribution in [0.15, 0.2) is 72.1 Å². The molecule has 166 valence electrons. The van der Waals surface area contributed by atoms with Crippen molar-refractivity contribution in [3.63, 3.8) is 0 Å². The number of allylic oxidation sites excluding steroid dienone is 1. The van der Waals surface area contributed by atoms with Gasteiger partial charge in [-0.15, -0.1) is 4.90 Å². The summed E-state index contributed by atoms with van der Waals surface area (Å²) < 4.78 is 10.8. The van der Waals surface area contributed by atoms with Gasteiger partial charge in [0.25, 0.3) is 5.91 Å². The Morgan fingerprint density at radius 1 is 1.22 bits per heavy atom. The smallest absolute Gasteiger partial charge is 0.391 e. The summed E-state index contributed by atoms with van der Waals surface area (Å²) in [5.74, 6) is -0.411. The van der Waals surface area contributed by atoms with Gasteiger partial charge in [-0.2, -0.15) is 0 Å². The number of aryl methyl sites for hydroxylation is 1. The minimum absolute atomic E-state index is 0.0621. The van der Waals surface area contributed by atoms with Crippen LogP contribution in [0, 0.1) is 17.3 Å². The van der Waals surface area contributed by atoms with Crippen LogP contribution in [0.2, 0.25) is 5.02 Å². The monoisotopic (exact) mass is 456 g/mol. The third-order valence-corrected chi connectivity index (χ3v) is 5.30. The van der Waals surface area contributed by atoms with E-state index in [1.54, 1.807) is 36.4 Å². The summed E-state index contributed by atoms with van der Waals surface area (Å²) in [6.07, 6.45) is 2.56. The van der Waals surface area contributed by atoms with Gasteiger partial charge < -0.3 is 25.0 Å². The SMILES string of the molecule is Cc1ccc(C2(O)CC(=C3C=CC(=[N+]([O-])[O-])O3)NN2C(=O)COc2ccc(Cl)cc2)cc1. The molecule has 2 heterocycles. The third kappa shape index (κ3) is 4.20. The third-order valence-electron chi connectivity index (χ3n) is 5.05. The number of aliphatic hydroxyl groups is 1. The Kier molecular flexibility index (Phi) is 5.68. The fourth-order valence-corrected chi connectivity index (χ4v) is 3.51. The highest BCUT2D eigenvalue weighted by atomic mass is 35.5. The zero-order valence-electron chi connectivity index (χ0n) is 16.9. The molecule has 1 unspecified atom stereocenters. The van der Waals surface area contributed by atoms with Crippen molar-refractivity contribution in [2.24, 2.45) is 0 Å². The van der Waals surface area contributed by atoms with Crippen LogP contribution >= 0.6 is 11.6 Å². The van der Waals surface area contributed by atoms with Gasteiger partial charge in [-0.05, 0) is 37.3 Å². The van der Waals surface area contributed by atoms with Gasteiger partial charge in [-0.25, -0.2) is 5.01 Å². The second-order valence-electron chi connectivity index (χ2n) is 7.32. The molecule has 1 atom stereocenters. The second-order valence-corrected chi connectivity index (χ2v) is 7.75. The minimum atomic E-state index is -1.76. The quantitative estimate of drug-likeness (QED) is 0.536. The van der Waals surface area contributed by atoms with E-state index in [-0.39, 0.29) is 18.8 Å². The lowest BCUT2D eigenvalue weighted by Gasteiger charge is -2.32. The van der Waals surface area contributed by atoms with E-state index in [0.717, 1.165) is 10.6 Å². The molecule has 32 heavy (non-hydrogen) atoms. The van der Waals surface area contributed by atoms with Gasteiger partial charge in [0.1, 0.15) is 5.75 Å². The van der Waals surface area contributed by atoms with E-state index in [4.69, 9.17) is 21.1 Å². The summed E-state index contributed by atoms with van der Waals surface area (Å²) in [5, 5.41) is 35.1. The number of halogens is 1. The predicted octanol–water partition coefficient (Wildman–Crippen LogP) is 2.81. The van der Waals surface area contributed by atoms with Crippen LogP contribution in [0.4, 0.5) is 0 Å². The normalized spacial score (nSPS) is 22.0. The molecular weight excluding hydrogens is 438 g/mol. The molecule has 0 bridgehead atoms. The Balaban J connectivity index is 1.62. The molecule has 0 aliphatic carbocycles. The largest absolute Gasteiger partial charge is 0.610 e.